The van der Waals surface area contributed by atoms with E-state index in [0.29, 0.717) is 12.1 Å². The number of rotatable bonds is 5. The molecule has 3 nitrogen and oxygen atoms in total. The Kier molecular flexibility index (Phi) is 4.70. The Hall–Kier alpha value is -2.20. The summed E-state index contributed by atoms with van der Waals surface area (Å²) in [5.41, 5.74) is 8.76. The zero-order chi connectivity index (χ0) is 15.4. The molecular formula is C17H19FN2O. The Morgan fingerprint density at radius 2 is 2.05 bits per heavy atom. The van der Waals surface area contributed by atoms with Crippen LogP contribution in [0.15, 0.2) is 42.5 Å². The van der Waals surface area contributed by atoms with Crippen LogP contribution in [-0.4, -0.2) is 5.91 Å². The van der Waals surface area contributed by atoms with Gasteiger partial charge in [0.25, 0.3) is 0 Å². The first kappa shape index (κ1) is 15.2. The molecule has 0 aromatic heterocycles. The minimum absolute atomic E-state index is 0.0379. The van der Waals surface area contributed by atoms with Crippen LogP contribution in [0.4, 0.5) is 4.39 Å². The van der Waals surface area contributed by atoms with Crippen LogP contribution in [0.5, 0.6) is 0 Å². The number of hydrogen-bond donors (Lipinski definition) is 2. The second-order valence-corrected chi connectivity index (χ2v) is 5.16. The van der Waals surface area contributed by atoms with Gasteiger partial charge in [0, 0.05) is 18.2 Å². The summed E-state index contributed by atoms with van der Waals surface area (Å²) in [4.78, 5) is 11.1. The summed E-state index contributed by atoms with van der Waals surface area (Å²) >= 11 is 0. The third-order valence-corrected chi connectivity index (χ3v) is 3.57. The lowest BCUT2D eigenvalue weighted by Gasteiger charge is -2.16. The van der Waals surface area contributed by atoms with E-state index in [9.17, 15) is 9.18 Å². The number of primary amides is 1. The van der Waals surface area contributed by atoms with Crippen molar-refractivity contribution >= 4 is 5.91 Å². The maximum Gasteiger partial charge on any atom is 0.248 e. The van der Waals surface area contributed by atoms with Crippen LogP contribution in [0.25, 0.3) is 0 Å². The molecule has 1 atom stereocenters. The SMILES string of the molecule is Cc1cc(C(N)=O)ccc1CN[C@H](C)c1cccc(F)c1. The van der Waals surface area contributed by atoms with Gasteiger partial charge < -0.3 is 11.1 Å². The minimum atomic E-state index is -0.425. The fourth-order valence-electron chi connectivity index (χ4n) is 2.20. The van der Waals surface area contributed by atoms with E-state index >= 15 is 0 Å². The van der Waals surface area contributed by atoms with Crippen molar-refractivity contribution in [3.8, 4) is 0 Å². The number of carbonyl (C=O) groups is 1. The molecule has 0 heterocycles. The molecule has 0 saturated heterocycles. The van der Waals surface area contributed by atoms with Gasteiger partial charge in [-0.05, 0) is 54.8 Å². The molecule has 2 rings (SSSR count). The maximum absolute atomic E-state index is 13.2. The van der Waals surface area contributed by atoms with E-state index in [-0.39, 0.29) is 11.9 Å². The van der Waals surface area contributed by atoms with E-state index in [1.165, 1.54) is 12.1 Å². The second kappa shape index (κ2) is 6.50. The van der Waals surface area contributed by atoms with Crippen molar-refractivity contribution in [2.75, 3.05) is 0 Å². The largest absolute Gasteiger partial charge is 0.366 e. The monoisotopic (exact) mass is 286 g/mol. The van der Waals surface area contributed by atoms with Gasteiger partial charge in [-0.3, -0.25) is 4.79 Å². The topological polar surface area (TPSA) is 55.1 Å². The average molecular weight is 286 g/mol. The number of aryl methyl sites for hydroxylation is 1. The predicted molar refractivity (Wildman–Crippen MR) is 81.4 cm³/mol. The van der Waals surface area contributed by atoms with Crippen LogP contribution in [0.2, 0.25) is 0 Å². The lowest BCUT2D eigenvalue weighted by Crippen LogP contribution is -2.19. The summed E-state index contributed by atoms with van der Waals surface area (Å²) in [7, 11) is 0. The smallest absolute Gasteiger partial charge is 0.248 e. The Bertz CT molecular complexity index is 655. The van der Waals surface area contributed by atoms with E-state index < -0.39 is 5.91 Å². The van der Waals surface area contributed by atoms with Gasteiger partial charge in [-0.2, -0.15) is 0 Å². The molecule has 110 valence electrons. The first-order valence-corrected chi connectivity index (χ1v) is 6.85. The van der Waals surface area contributed by atoms with Crippen LogP contribution in [0, 0.1) is 12.7 Å². The summed E-state index contributed by atoms with van der Waals surface area (Å²) in [6.07, 6.45) is 0. The molecule has 0 aliphatic rings. The molecule has 0 bridgehead atoms. The molecular weight excluding hydrogens is 267 g/mol. The van der Waals surface area contributed by atoms with Crippen LogP contribution >= 0.6 is 0 Å². The Balaban J connectivity index is 2.04. The lowest BCUT2D eigenvalue weighted by molar-refractivity contribution is 0.1000. The van der Waals surface area contributed by atoms with E-state index in [0.717, 1.165) is 16.7 Å². The van der Waals surface area contributed by atoms with E-state index in [4.69, 9.17) is 5.73 Å². The van der Waals surface area contributed by atoms with Gasteiger partial charge in [0.1, 0.15) is 5.82 Å². The van der Waals surface area contributed by atoms with Crippen LogP contribution in [0.3, 0.4) is 0 Å². The van der Waals surface area contributed by atoms with Crippen molar-refractivity contribution in [2.45, 2.75) is 26.4 Å². The number of amides is 1. The van der Waals surface area contributed by atoms with Gasteiger partial charge in [0.2, 0.25) is 5.91 Å². The summed E-state index contributed by atoms with van der Waals surface area (Å²) < 4.78 is 13.2. The van der Waals surface area contributed by atoms with E-state index in [2.05, 4.69) is 5.32 Å². The fourth-order valence-corrected chi connectivity index (χ4v) is 2.20. The van der Waals surface area contributed by atoms with Gasteiger partial charge in [-0.15, -0.1) is 0 Å². The summed E-state index contributed by atoms with van der Waals surface area (Å²) in [6.45, 7) is 4.57. The van der Waals surface area contributed by atoms with Gasteiger partial charge >= 0.3 is 0 Å². The number of benzene rings is 2. The number of nitrogens with two attached hydrogens (primary N) is 1. The van der Waals surface area contributed by atoms with Crippen LogP contribution < -0.4 is 11.1 Å². The zero-order valence-electron chi connectivity index (χ0n) is 12.2. The highest BCUT2D eigenvalue weighted by atomic mass is 19.1. The molecule has 0 unspecified atom stereocenters. The van der Waals surface area contributed by atoms with Crippen molar-refractivity contribution in [2.24, 2.45) is 5.73 Å². The van der Waals surface area contributed by atoms with Crippen molar-refractivity contribution in [3.63, 3.8) is 0 Å². The maximum atomic E-state index is 13.2. The molecule has 2 aromatic carbocycles. The molecule has 0 fully saturated rings. The minimum Gasteiger partial charge on any atom is -0.366 e. The average Bonchev–Trinajstić information content (AvgIpc) is 2.45. The molecule has 0 spiro atoms. The van der Waals surface area contributed by atoms with Crippen molar-refractivity contribution in [1.29, 1.82) is 0 Å². The Labute approximate surface area is 124 Å². The van der Waals surface area contributed by atoms with E-state index in [1.807, 2.05) is 26.0 Å². The number of nitrogens with one attached hydrogen (secondary N) is 1. The predicted octanol–water partition coefficient (Wildman–Crippen LogP) is 3.08. The quantitative estimate of drug-likeness (QED) is 0.887. The third kappa shape index (κ3) is 3.89. The molecule has 0 aliphatic carbocycles. The second-order valence-electron chi connectivity index (χ2n) is 5.16. The highest BCUT2D eigenvalue weighted by Crippen LogP contribution is 2.16. The molecule has 0 aliphatic heterocycles. The summed E-state index contributed by atoms with van der Waals surface area (Å²) in [5.74, 6) is -0.658. The zero-order valence-corrected chi connectivity index (χ0v) is 12.2. The number of carbonyl (C=O) groups excluding carboxylic acids is 1. The van der Waals surface area contributed by atoms with Crippen molar-refractivity contribution < 1.29 is 9.18 Å². The normalized spacial score (nSPS) is 12.1. The molecule has 21 heavy (non-hydrogen) atoms. The summed E-state index contributed by atoms with van der Waals surface area (Å²) in [6, 6.07) is 12.0. The van der Waals surface area contributed by atoms with Gasteiger partial charge in [0.05, 0.1) is 0 Å². The van der Waals surface area contributed by atoms with Crippen molar-refractivity contribution in [1.82, 2.24) is 5.32 Å². The van der Waals surface area contributed by atoms with Crippen molar-refractivity contribution in [3.05, 3.63) is 70.5 Å². The molecule has 0 radical (unpaired) electrons. The fraction of sp³-hybridized carbons (Fsp3) is 0.235. The molecule has 3 N–H and O–H groups in total. The lowest BCUT2D eigenvalue weighted by atomic mass is 10.0. The highest BCUT2D eigenvalue weighted by molar-refractivity contribution is 5.93. The number of hydrogen-bond acceptors (Lipinski definition) is 2. The molecule has 4 heteroatoms. The standard InChI is InChI=1S/C17H19FN2O/c1-11-8-14(17(19)21)6-7-15(11)10-20-12(2)13-4-3-5-16(18)9-13/h3-9,12,20H,10H2,1-2H3,(H2,19,21)/t12-/m1/s1. The van der Waals surface area contributed by atoms with Crippen LogP contribution in [0.1, 0.15) is 40.0 Å². The third-order valence-electron chi connectivity index (χ3n) is 3.57. The van der Waals surface area contributed by atoms with Gasteiger partial charge in [0.15, 0.2) is 0 Å². The Morgan fingerprint density at radius 1 is 1.29 bits per heavy atom. The summed E-state index contributed by atoms with van der Waals surface area (Å²) in [5, 5.41) is 3.35. The first-order valence-electron chi connectivity index (χ1n) is 6.85. The van der Waals surface area contributed by atoms with Gasteiger partial charge in [-0.25, -0.2) is 4.39 Å². The van der Waals surface area contributed by atoms with Gasteiger partial charge in [-0.1, -0.05) is 18.2 Å². The van der Waals surface area contributed by atoms with Crippen LogP contribution in [-0.2, 0) is 6.54 Å². The molecule has 2 aromatic rings. The highest BCUT2D eigenvalue weighted by Gasteiger charge is 2.08. The Morgan fingerprint density at radius 3 is 2.67 bits per heavy atom. The molecule has 0 saturated carbocycles. The first-order chi connectivity index (χ1) is 9.97. The van der Waals surface area contributed by atoms with E-state index in [1.54, 1.807) is 18.2 Å². The number of halogens is 1. The molecule has 1 amide bonds.